The molecule has 5 heteroatoms. The summed E-state index contributed by atoms with van der Waals surface area (Å²) in [5.74, 6) is 0.125. The van der Waals surface area contributed by atoms with Gasteiger partial charge in [0.05, 0.1) is 0 Å². The first kappa shape index (κ1) is 13.5. The van der Waals surface area contributed by atoms with Gasteiger partial charge in [-0.3, -0.25) is 9.69 Å². The van der Waals surface area contributed by atoms with Crippen LogP contribution in [0.1, 0.15) is 18.0 Å². The molecular weight excluding hydrogens is 294 g/mol. The minimum absolute atomic E-state index is 0.125. The van der Waals surface area contributed by atoms with Gasteiger partial charge in [0.2, 0.25) is 5.91 Å². The summed E-state index contributed by atoms with van der Waals surface area (Å²) < 4.78 is 1.07. The normalized spacial score (nSPS) is 19.1. The van der Waals surface area contributed by atoms with Crippen molar-refractivity contribution in [1.29, 1.82) is 0 Å². The van der Waals surface area contributed by atoms with Crippen LogP contribution in [0.5, 0.6) is 0 Å². The first-order chi connectivity index (χ1) is 8.72. The SMILES string of the molecule is NCC(c1ccccc1Br)N1CCNC(=O)CC1. The Morgan fingerprint density at radius 3 is 2.89 bits per heavy atom. The number of halogens is 1. The number of hydrogen-bond donors (Lipinski definition) is 2. The van der Waals surface area contributed by atoms with E-state index in [1.807, 2.05) is 18.2 Å². The number of carbonyl (C=O) groups is 1. The molecule has 0 bridgehead atoms. The fraction of sp³-hybridized carbons (Fsp3) is 0.462. The zero-order chi connectivity index (χ0) is 13.0. The van der Waals surface area contributed by atoms with Gasteiger partial charge >= 0.3 is 0 Å². The molecule has 3 N–H and O–H groups in total. The van der Waals surface area contributed by atoms with Gasteiger partial charge < -0.3 is 11.1 Å². The molecule has 0 aromatic heterocycles. The van der Waals surface area contributed by atoms with Gasteiger partial charge in [-0.1, -0.05) is 34.1 Å². The number of nitrogens with one attached hydrogen (secondary N) is 1. The molecule has 0 spiro atoms. The summed E-state index contributed by atoms with van der Waals surface area (Å²) in [6.45, 7) is 2.85. The van der Waals surface area contributed by atoms with Crippen LogP contribution in [-0.4, -0.2) is 37.0 Å². The molecule has 1 aromatic rings. The van der Waals surface area contributed by atoms with Gasteiger partial charge in [0.15, 0.2) is 0 Å². The third-order valence-corrected chi connectivity index (χ3v) is 4.00. The fourth-order valence-electron chi connectivity index (χ4n) is 2.31. The zero-order valence-corrected chi connectivity index (χ0v) is 11.8. The Morgan fingerprint density at radius 1 is 1.39 bits per heavy atom. The maximum absolute atomic E-state index is 11.4. The van der Waals surface area contributed by atoms with E-state index in [9.17, 15) is 4.79 Å². The molecule has 1 unspecified atom stereocenters. The largest absolute Gasteiger partial charge is 0.355 e. The van der Waals surface area contributed by atoms with Crippen molar-refractivity contribution in [3.63, 3.8) is 0 Å². The van der Waals surface area contributed by atoms with E-state index in [1.54, 1.807) is 0 Å². The molecule has 0 aliphatic carbocycles. The first-order valence-corrected chi connectivity index (χ1v) is 6.97. The van der Waals surface area contributed by atoms with E-state index in [-0.39, 0.29) is 11.9 Å². The number of nitrogens with two attached hydrogens (primary N) is 1. The van der Waals surface area contributed by atoms with Crippen LogP contribution >= 0.6 is 15.9 Å². The smallest absolute Gasteiger partial charge is 0.221 e. The first-order valence-electron chi connectivity index (χ1n) is 6.17. The van der Waals surface area contributed by atoms with Crippen LogP contribution in [0.4, 0.5) is 0 Å². The van der Waals surface area contributed by atoms with Crippen LogP contribution in [0.2, 0.25) is 0 Å². The van der Waals surface area contributed by atoms with Gasteiger partial charge in [-0.05, 0) is 11.6 Å². The third kappa shape index (κ3) is 3.10. The van der Waals surface area contributed by atoms with Crippen molar-refractivity contribution < 1.29 is 4.79 Å². The maximum atomic E-state index is 11.4. The molecule has 1 aromatic carbocycles. The van der Waals surface area contributed by atoms with Crippen molar-refractivity contribution in [3.05, 3.63) is 34.3 Å². The predicted molar refractivity (Wildman–Crippen MR) is 75.1 cm³/mol. The van der Waals surface area contributed by atoms with Crippen LogP contribution < -0.4 is 11.1 Å². The Balaban J connectivity index is 2.18. The van der Waals surface area contributed by atoms with Gasteiger partial charge in [0.1, 0.15) is 0 Å². The monoisotopic (exact) mass is 311 g/mol. The molecule has 1 aliphatic heterocycles. The van der Waals surface area contributed by atoms with Gasteiger partial charge in [-0.25, -0.2) is 0 Å². The number of amides is 1. The Morgan fingerprint density at radius 2 is 2.17 bits per heavy atom. The van der Waals surface area contributed by atoms with Crippen LogP contribution in [0.3, 0.4) is 0 Å². The number of carbonyl (C=O) groups excluding carboxylic acids is 1. The number of nitrogens with zero attached hydrogens (tertiary/aromatic N) is 1. The second-order valence-corrected chi connectivity index (χ2v) is 5.26. The van der Waals surface area contributed by atoms with Crippen LogP contribution in [0.15, 0.2) is 28.7 Å². The third-order valence-electron chi connectivity index (χ3n) is 3.28. The lowest BCUT2D eigenvalue weighted by Crippen LogP contribution is -2.36. The van der Waals surface area contributed by atoms with Crippen LogP contribution in [0, 0.1) is 0 Å². The lowest BCUT2D eigenvalue weighted by molar-refractivity contribution is -0.120. The van der Waals surface area contributed by atoms with E-state index in [2.05, 4.69) is 32.2 Å². The van der Waals surface area contributed by atoms with E-state index < -0.39 is 0 Å². The summed E-state index contributed by atoms with van der Waals surface area (Å²) in [6, 6.07) is 8.29. The summed E-state index contributed by atoms with van der Waals surface area (Å²) in [6.07, 6.45) is 0.543. The quantitative estimate of drug-likeness (QED) is 0.884. The van der Waals surface area contributed by atoms with Crippen molar-refractivity contribution in [2.24, 2.45) is 5.73 Å². The molecule has 1 saturated heterocycles. The second-order valence-electron chi connectivity index (χ2n) is 4.41. The lowest BCUT2D eigenvalue weighted by Gasteiger charge is -2.30. The molecule has 1 amide bonds. The Bertz CT molecular complexity index is 424. The standard InChI is InChI=1S/C13H18BrN3O/c14-11-4-2-1-3-10(11)12(9-15)17-7-5-13(18)16-6-8-17/h1-4,12H,5-9,15H2,(H,16,18). The Labute approximate surface area is 116 Å². The molecule has 0 radical (unpaired) electrons. The highest BCUT2D eigenvalue weighted by molar-refractivity contribution is 9.10. The molecule has 1 fully saturated rings. The second kappa shape index (κ2) is 6.31. The van der Waals surface area contributed by atoms with Gasteiger partial charge in [-0.15, -0.1) is 0 Å². The van der Waals surface area contributed by atoms with E-state index in [1.165, 1.54) is 5.56 Å². The summed E-state index contributed by atoms with van der Waals surface area (Å²) >= 11 is 3.57. The molecule has 0 saturated carbocycles. The van der Waals surface area contributed by atoms with E-state index >= 15 is 0 Å². The molecule has 2 rings (SSSR count). The molecule has 18 heavy (non-hydrogen) atoms. The van der Waals surface area contributed by atoms with E-state index in [4.69, 9.17) is 5.73 Å². The highest BCUT2D eigenvalue weighted by atomic mass is 79.9. The molecule has 1 atom stereocenters. The van der Waals surface area contributed by atoms with Crippen molar-refractivity contribution in [1.82, 2.24) is 10.2 Å². The molecular formula is C13H18BrN3O. The van der Waals surface area contributed by atoms with E-state index in [0.717, 1.165) is 17.6 Å². The van der Waals surface area contributed by atoms with Gasteiger partial charge in [0, 0.05) is 43.1 Å². The minimum Gasteiger partial charge on any atom is -0.355 e. The van der Waals surface area contributed by atoms with Crippen molar-refractivity contribution in [3.8, 4) is 0 Å². The molecule has 1 aliphatic rings. The van der Waals surface area contributed by atoms with Crippen molar-refractivity contribution in [2.75, 3.05) is 26.2 Å². The topological polar surface area (TPSA) is 58.4 Å². The Hall–Kier alpha value is -0.910. The fourth-order valence-corrected chi connectivity index (χ4v) is 2.86. The summed E-state index contributed by atoms with van der Waals surface area (Å²) in [5.41, 5.74) is 7.11. The van der Waals surface area contributed by atoms with Crippen molar-refractivity contribution in [2.45, 2.75) is 12.5 Å². The van der Waals surface area contributed by atoms with Gasteiger partial charge in [0.25, 0.3) is 0 Å². The van der Waals surface area contributed by atoms with Crippen molar-refractivity contribution >= 4 is 21.8 Å². The summed E-state index contributed by atoms with van der Waals surface area (Å²) in [4.78, 5) is 13.6. The number of benzene rings is 1. The maximum Gasteiger partial charge on any atom is 0.221 e. The predicted octanol–water partition coefficient (Wildman–Crippen LogP) is 1.27. The molecule has 4 nitrogen and oxygen atoms in total. The zero-order valence-electron chi connectivity index (χ0n) is 10.2. The average Bonchev–Trinajstić information content (AvgIpc) is 2.58. The Kier molecular flexibility index (Phi) is 4.74. The highest BCUT2D eigenvalue weighted by Crippen LogP contribution is 2.27. The van der Waals surface area contributed by atoms with Crippen LogP contribution in [-0.2, 0) is 4.79 Å². The highest BCUT2D eigenvalue weighted by Gasteiger charge is 2.23. The minimum atomic E-state index is 0.125. The van der Waals surface area contributed by atoms with E-state index in [0.29, 0.717) is 19.5 Å². The number of rotatable bonds is 3. The summed E-state index contributed by atoms with van der Waals surface area (Å²) in [7, 11) is 0. The van der Waals surface area contributed by atoms with Gasteiger partial charge in [-0.2, -0.15) is 0 Å². The van der Waals surface area contributed by atoms with Crippen LogP contribution in [0.25, 0.3) is 0 Å². The number of hydrogen-bond acceptors (Lipinski definition) is 3. The summed E-state index contributed by atoms with van der Waals surface area (Å²) in [5, 5.41) is 2.89. The molecule has 98 valence electrons. The molecule has 1 heterocycles. The average molecular weight is 312 g/mol. The lowest BCUT2D eigenvalue weighted by atomic mass is 10.1.